The van der Waals surface area contributed by atoms with Crippen LogP contribution in [-0.2, 0) is 30.4 Å². The van der Waals surface area contributed by atoms with Gasteiger partial charge in [-0.05, 0) is 36.7 Å². The fourth-order valence-electron chi connectivity index (χ4n) is 4.93. The molecule has 0 amide bonds. The highest BCUT2D eigenvalue weighted by molar-refractivity contribution is 5.83. The van der Waals surface area contributed by atoms with Gasteiger partial charge in [0, 0.05) is 0 Å². The van der Waals surface area contributed by atoms with Gasteiger partial charge < -0.3 is 14.2 Å². The monoisotopic (exact) mass is 430 g/mol. The Morgan fingerprint density at radius 1 is 1.03 bits per heavy atom. The van der Waals surface area contributed by atoms with E-state index in [2.05, 4.69) is 13.8 Å². The van der Waals surface area contributed by atoms with Gasteiger partial charge in [0.2, 0.25) is 0 Å². The quantitative estimate of drug-likeness (QED) is 0.255. The average Bonchev–Trinajstić information content (AvgIpc) is 3.56. The Kier molecular flexibility index (Phi) is 8.94. The zero-order chi connectivity index (χ0) is 22.2. The lowest BCUT2D eigenvalue weighted by Gasteiger charge is -2.31. The average molecular weight is 431 g/mol. The second-order valence-corrected chi connectivity index (χ2v) is 9.24. The molecule has 1 saturated heterocycles. The number of ether oxygens (including phenoxy) is 3. The van der Waals surface area contributed by atoms with E-state index in [1.54, 1.807) is 0 Å². The lowest BCUT2D eigenvalue weighted by molar-refractivity contribution is -0.166. The number of fused-ring (bicyclic) bond motifs is 1. The number of carbonyl (C=O) groups excluding carboxylic acids is 2. The lowest BCUT2D eigenvalue weighted by Crippen LogP contribution is -2.43. The van der Waals surface area contributed by atoms with E-state index in [1.807, 2.05) is 37.3 Å². The maximum atomic E-state index is 13.1. The van der Waals surface area contributed by atoms with Crippen LogP contribution in [0.3, 0.4) is 0 Å². The number of unbranched alkanes of at least 4 members (excludes halogenated alkanes) is 2. The predicted octanol–water partition coefficient (Wildman–Crippen LogP) is 5.31. The van der Waals surface area contributed by atoms with Crippen LogP contribution in [0.5, 0.6) is 0 Å². The molecule has 5 nitrogen and oxygen atoms in total. The van der Waals surface area contributed by atoms with Crippen molar-refractivity contribution in [2.75, 3.05) is 6.61 Å². The topological polar surface area (TPSA) is 65.1 Å². The van der Waals surface area contributed by atoms with Crippen LogP contribution in [0.2, 0.25) is 0 Å². The molecule has 6 atom stereocenters. The first-order valence-electron chi connectivity index (χ1n) is 12.1. The molecule has 1 aliphatic heterocycles. The largest absolute Gasteiger partial charge is 0.465 e. The minimum Gasteiger partial charge on any atom is -0.465 e. The van der Waals surface area contributed by atoms with E-state index in [9.17, 15) is 9.59 Å². The van der Waals surface area contributed by atoms with E-state index in [0.717, 1.165) is 24.8 Å². The normalized spacial score (nSPS) is 27.8. The van der Waals surface area contributed by atoms with Crippen LogP contribution in [0.1, 0.15) is 71.3 Å². The minimum absolute atomic E-state index is 0.0368. The molecule has 5 heteroatoms. The summed E-state index contributed by atoms with van der Waals surface area (Å²) in [6.45, 7) is 7.03. The van der Waals surface area contributed by atoms with E-state index >= 15 is 0 Å². The summed E-state index contributed by atoms with van der Waals surface area (Å²) in [6, 6.07) is 9.62. The van der Waals surface area contributed by atoms with Crippen molar-refractivity contribution in [3.05, 3.63) is 35.9 Å². The third-order valence-corrected chi connectivity index (χ3v) is 6.80. The summed E-state index contributed by atoms with van der Waals surface area (Å²) < 4.78 is 17.1. The smallest absolute Gasteiger partial charge is 0.310 e. The molecule has 0 bridgehead atoms. The molecule has 0 spiro atoms. The molecule has 31 heavy (non-hydrogen) atoms. The molecule has 3 rings (SSSR count). The van der Waals surface area contributed by atoms with Gasteiger partial charge >= 0.3 is 11.9 Å². The Hall–Kier alpha value is -1.88. The molecule has 2 aliphatic rings. The van der Waals surface area contributed by atoms with Crippen molar-refractivity contribution in [3.63, 3.8) is 0 Å². The number of esters is 2. The molecule has 1 aromatic carbocycles. The Bertz CT molecular complexity index is 703. The highest BCUT2D eigenvalue weighted by Crippen LogP contribution is 2.47. The van der Waals surface area contributed by atoms with Crippen LogP contribution in [0.4, 0.5) is 0 Å². The molecule has 6 unspecified atom stereocenters. The van der Waals surface area contributed by atoms with Gasteiger partial charge in [-0.2, -0.15) is 0 Å². The fraction of sp³-hybridized carbons (Fsp3) is 0.692. The van der Waals surface area contributed by atoms with E-state index in [-0.39, 0.29) is 36.7 Å². The van der Waals surface area contributed by atoms with Crippen LogP contribution in [0.15, 0.2) is 30.3 Å². The molecule has 0 aromatic heterocycles. The maximum Gasteiger partial charge on any atom is 0.310 e. The third kappa shape index (κ3) is 6.55. The summed E-state index contributed by atoms with van der Waals surface area (Å²) in [5.74, 6) is -1.22. The van der Waals surface area contributed by atoms with Gasteiger partial charge in [-0.25, -0.2) is 0 Å². The van der Waals surface area contributed by atoms with E-state index in [1.165, 1.54) is 19.3 Å². The molecule has 1 aromatic rings. The number of epoxide rings is 1. The molecule has 2 fully saturated rings. The molecule has 1 aliphatic carbocycles. The molecule has 172 valence electrons. The number of benzene rings is 1. The number of carbonyl (C=O) groups is 2. The van der Waals surface area contributed by atoms with Crippen molar-refractivity contribution in [2.24, 2.45) is 23.7 Å². The Labute approximate surface area is 186 Å². The fourth-order valence-corrected chi connectivity index (χ4v) is 4.93. The van der Waals surface area contributed by atoms with Crippen molar-refractivity contribution in [2.45, 2.75) is 84.5 Å². The molecular formula is C26H38O5. The Morgan fingerprint density at radius 3 is 2.52 bits per heavy atom. The SMILES string of the molecule is CCCCCC(CCC)COC(=O)C1C(C(=O)OCc2ccccc2)CC2OC2C1C. The Morgan fingerprint density at radius 2 is 1.81 bits per heavy atom. The molecule has 1 heterocycles. The van der Waals surface area contributed by atoms with Gasteiger partial charge in [0.15, 0.2) is 0 Å². The van der Waals surface area contributed by atoms with Gasteiger partial charge in [-0.3, -0.25) is 9.59 Å². The van der Waals surface area contributed by atoms with Crippen LogP contribution >= 0.6 is 0 Å². The van der Waals surface area contributed by atoms with Crippen LogP contribution in [0, 0.1) is 23.7 Å². The summed E-state index contributed by atoms with van der Waals surface area (Å²) in [5.41, 5.74) is 0.939. The maximum absolute atomic E-state index is 13.1. The van der Waals surface area contributed by atoms with Gasteiger partial charge in [-0.15, -0.1) is 0 Å². The summed E-state index contributed by atoms with van der Waals surface area (Å²) in [6.07, 6.45) is 7.47. The zero-order valence-electron chi connectivity index (χ0n) is 19.3. The number of hydrogen-bond donors (Lipinski definition) is 0. The predicted molar refractivity (Wildman–Crippen MR) is 119 cm³/mol. The summed E-state index contributed by atoms with van der Waals surface area (Å²) >= 11 is 0. The van der Waals surface area contributed by atoms with E-state index in [0.29, 0.717) is 18.9 Å². The van der Waals surface area contributed by atoms with E-state index in [4.69, 9.17) is 14.2 Å². The van der Waals surface area contributed by atoms with Crippen molar-refractivity contribution in [3.8, 4) is 0 Å². The Balaban J connectivity index is 1.58. The zero-order valence-corrected chi connectivity index (χ0v) is 19.3. The van der Waals surface area contributed by atoms with Crippen molar-refractivity contribution in [1.29, 1.82) is 0 Å². The van der Waals surface area contributed by atoms with Crippen molar-refractivity contribution in [1.82, 2.24) is 0 Å². The standard InChI is InChI=1S/C26H38O5/c1-4-6-8-12-19(11-5-2)16-30-26(28)23-18(3)24-22(31-24)15-21(23)25(27)29-17-20-13-9-7-10-14-20/h7,9-10,13-14,18-19,21-24H,4-6,8,11-12,15-17H2,1-3H3. The molecule has 0 radical (unpaired) electrons. The van der Waals surface area contributed by atoms with Gasteiger partial charge in [0.1, 0.15) is 6.61 Å². The highest BCUT2D eigenvalue weighted by atomic mass is 16.6. The number of rotatable bonds is 12. The van der Waals surface area contributed by atoms with Gasteiger partial charge in [0.25, 0.3) is 0 Å². The van der Waals surface area contributed by atoms with Crippen molar-refractivity contribution < 1.29 is 23.8 Å². The van der Waals surface area contributed by atoms with E-state index < -0.39 is 11.8 Å². The highest BCUT2D eigenvalue weighted by Gasteiger charge is 2.58. The molecular weight excluding hydrogens is 392 g/mol. The first-order chi connectivity index (χ1) is 15.0. The molecule has 0 N–H and O–H groups in total. The van der Waals surface area contributed by atoms with Crippen LogP contribution < -0.4 is 0 Å². The summed E-state index contributed by atoms with van der Waals surface area (Å²) in [4.78, 5) is 26.0. The van der Waals surface area contributed by atoms with Crippen LogP contribution in [-0.4, -0.2) is 30.8 Å². The minimum atomic E-state index is -0.500. The first-order valence-corrected chi connectivity index (χ1v) is 12.1. The third-order valence-electron chi connectivity index (χ3n) is 6.80. The van der Waals surface area contributed by atoms with Gasteiger partial charge in [-0.1, -0.05) is 76.8 Å². The second-order valence-electron chi connectivity index (χ2n) is 9.24. The first kappa shape index (κ1) is 23.8. The second kappa shape index (κ2) is 11.7. The van der Waals surface area contributed by atoms with Crippen LogP contribution in [0.25, 0.3) is 0 Å². The summed E-state index contributed by atoms with van der Waals surface area (Å²) in [5, 5.41) is 0. The molecule has 1 saturated carbocycles. The van der Waals surface area contributed by atoms with Gasteiger partial charge in [0.05, 0.1) is 30.7 Å². The lowest BCUT2D eigenvalue weighted by atomic mass is 9.72. The summed E-state index contributed by atoms with van der Waals surface area (Å²) in [7, 11) is 0. The number of hydrogen-bond acceptors (Lipinski definition) is 5. The van der Waals surface area contributed by atoms with Crippen molar-refractivity contribution >= 4 is 11.9 Å².